The first kappa shape index (κ1) is 9.02. The lowest BCUT2D eigenvalue weighted by molar-refractivity contribution is 0.988. The third-order valence-electron chi connectivity index (χ3n) is 1.71. The van der Waals surface area contributed by atoms with Crippen LogP contribution < -0.4 is 5.32 Å². The van der Waals surface area contributed by atoms with Crippen LogP contribution in [0, 0.1) is 0 Å². The van der Waals surface area contributed by atoms with Gasteiger partial charge in [-0.3, -0.25) is 0 Å². The molecule has 0 fully saturated rings. The predicted molar refractivity (Wildman–Crippen MR) is 55.2 cm³/mol. The van der Waals surface area contributed by atoms with Crippen LogP contribution in [-0.2, 0) is 6.54 Å². The van der Waals surface area contributed by atoms with Crippen molar-refractivity contribution in [3.63, 3.8) is 0 Å². The maximum Gasteiger partial charge on any atom is 0.131 e. The Kier molecular flexibility index (Phi) is 2.65. The zero-order chi connectivity index (χ0) is 9.80. The van der Waals surface area contributed by atoms with E-state index < -0.39 is 0 Å². The summed E-state index contributed by atoms with van der Waals surface area (Å²) in [7, 11) is 0. The summed E-state index contributed by atoms with van der Waals surface area (Å²) in [6.45, 7) is 0.611. The monoisotopic (exact) mass is 208 g/mol. The SMILES string of the molecule is Clc1cccc(NCc2ncc[nH]2)n1. The molecule has 0 saturated heterocycles. The number of halogens is 1. The molecule has 0 aliphatic rings. The Hall–Kier alpha value is -1.55. The normalized spacial score (nSPS) is 10.1. The summed E-state index contributed by atoms with van der Waals surface area (Å²) in [4.78, 5) is 11.1. The molecule has 72 valence electrons. The molecule has 0 radical (unpaired) electrons. The Morgan fingerprint density at radius 3 is 3.07 bits per heavy atom. The lowest BCUT2D eigenvalue weighted by Gasteiger charge is -2.02. The lowest BCUT2D eigenvalue weighted by atomic mass is 10.4. The smallest absolute Gasteiger partial charge is 0.131 e. The van der Waals surface area contributed by atoms with E-state index in [0.717, 1.165) is 11.6 Å². The third-order valence-corrected chi connectivity index (χ3v) is 1.92. The average molecular weight is 209 g/mol. The van der Waals surface area contributed by atoms with Crippen LogP contribution in [0.4, 0.5) is 5.82 Å². The number of nitrogens with zero attached hydrogens (tertiary/aromatic N) is 2. The molecule has 0 saturated carbocycles. The molecule has 14 heavy (non-hydrogen) atoms. The molecule has 2 rings (SSSR count). The Bertz CT molecular complexity index is 399. The first-order valence-electron chi connectivity index (χ1n) is 4.19. The highest BCUT2D eigenvalue weighted by Gasteiger charge is 1.96. The van der Waals surface area contributed by atoms with E-state index in [4.69, 9.17) is 11.6 Å². The van der Waals surface area contributed by atoms with E-state index >= 15 is 0 Å². The van der Waals surface area contributed by atoms with Gasteiger partial charge in [0, 0.05) is 12.4 Å². The highest BCUT2D eigenvalue weighted by molar-refractivity contribution is 6.29. The standard InChI is InChI=1S/C9H9ClN4/c10-7-2-1-3-8(14-7)13-6-9-11-4-5-12-9/h1-5H,6H2,(H,11,12)(H,13,14). The van der Waals surface area contributed by atoms with Gasteiger partial charge in [-0.25, -0.2) is 9.97 Å². The highest BCUT2D eigenvalue weighted by atomic mass is 35.5. The molecular formula is C9H9ClN4. The van der Waals surface area contributed by atoms with Gasteiger partial charge in [-0.15, -0.1) is 0 Å². The number of H-pyrrole nitrogens is 1. The van der Waals surface area contributed by atoms with Crippen LogP contribution in [0.25, 0.3) is 0 Å². The molecule has 2 heterocycles. The predicted octanol–water partition coefficient (Wildman–Crippen LogP) is 2.07. The summed E-state index contributed by atoms with van der Waals surface area (Å²) in [5, 5.41) is 3.58. The molecule has 0 aromatic carbocycles. The van der Waals surface area contributed by atoms with Crippen molar-refractivity contribution in [3.05, 3.63) is 41.6 Å². The lowest BCUT2D eigenvalue weighted by Crippen LogP contribution is -2.02. The van der Waals surface area contributed by atoms with E-state index in [1.165, 1.54) is 0 Å². The maximum atomic E-state index is 5.73. The molecule has 0 atom stereocenters. The number of hydrogen-bond acceptors (Lipinski definition) is 3. The van der Waals surface area contributed by atoms with Crippen molar-refractivity contribution in [3.8, 4) is 0 Å². The van der Waals surface area contributed by atoms with Crippen LogP contribution >= 0.6 is 11.6 Å². The van der Waals surface area contributed by atoms with Crippen molar-refractivity contribution < 1.29 is 0 Å². The van der Waals surface area contributed by atoms with Gasteiger partial charge in [0.15, 0.2) is 0 Å². The minimum atomic E-state index is 0.481. The zero-order valence-electron chi connectivity index (χ0n) is 7.37. The second-order valence-corrected chi connectivity index (χ2v) is 3.12. The van der Waals surface area contributed by atoms with Gasteiger partial charge in [0.05, 0.1) is 6.54 Å². The van der Waals surface area contributed by atoms with Crippen LogP contribution in [0.5, 0.6) is 0 Å². The largest absolute Gasteiger partial charge is 0.363 e. The Morgan fingerprint density at radius 2 is 2.36 bits per heavy atom. The zero-order valence-corrected chi connectivity index (χ0v) is 8.12. The van der Waals surface area contributed by atoms with E-state index in [2.05, 4.69) is 20.3 Å². The highest BCUT2D eigenvalue weighted by Crippen LogP contribution is 2.09. The van der Waals surface area contributed by atoms with Crippen molar-refractivity contribution in [1.29, 1.82) is 0 Å². The van der Waals surface area contributed by atoms with E-state index in [1.54, 1.807) is 18.5 Å². The van der Waals surface area contributed by atoms with Crippen molar-refractivity contribution in [1.82, 2.24) is 15.0 Å². The molecule has 2 aromatic heterocycles. The molecule has 0 amide bonds. The summed E-state index contributed by atoms with van der Waals surface area (Å²) in [5.41, 5.74) is 0. The fraction of sp³-hybridized carbons (Fsp3) is 0.111. The number of pyridine rings is 1. The summed E-state index contributed by atoms with van der Waals surface area (Å²) in [5.74, 6) is 1.61. The van der Waals surface area contributed by atoms with Gasteiger partial charge in [-0.05, 0) is 12.1 Å². The topological polar surface area (TPSA) is 53.6 Å². The second kappa shape index (κ2) is 4.11. The molecule has 5 heteroatoms. The summed E-state index contributed by atoms with van der Waals surface area (Å²) in [6, 6.07) is 5.44. The van der Waals surface area contributed by atoms with Crippen LogP contribution in [0.2, 0.25) is 5.15 Å². The van der Waals surface area contributed by atoms with Gasteiger partial charge in [0.1, 0.15) is 16.8 Å². The van der Waals surface area contributed by atoms with Gasteiger partial charge in [0.2, 0.25) is 0 Å². The van der Waals surface area contributed by atoms with Gasteiger partial charge in [-0.1, -0.05) is 17.7 Å². The van der Waals surface area contributed by atoms with Crippen molar-refractivity contribution in [2.24, 2.45) is 0 Å². The number of hydrogen-bond donors (Lipinski definition) is 2. The summed E-state index contributed by atoms with van der Waals surface area (Å²) >= 11 is 5.73. The Morgan fingerprint density at radius 1 is 1.43 bits per heavy atom. The molecule has 0 unspecified atom stereocenters. The van der Waals surface area contributed by atoms with Gasteiger partial charge < -0.3 is 10.3 Å². The molecular weight excluding hydrogens is 200 g/mol. The minimum Gasteiger partial charge on any atom is -0.363 e. The van der Waals surface area contributed by atoms with E-state index in [-0.39, 0.29) is 0 Å². The first-order chi connectivity index (χ1) is 6.84. The summed E-state index contributed by atoms with van der Waals surface area (Å²) < 4.78 is 0. The molecule has 0 aliphatic carbocycles. The first-order valence-corrected chi connectivity index (χ1v) is 4.57. The molecule has 4 nitrogen and oxygen atoms in total. The number of aromatic nitrogens is 3. The van der Waals surface area contributed by atoms with Gasteiger partial charge >= 0.3 is 0 Å². The molecule has 0 bridgehead atoms. The molecule has 0 spiro atoms. The van der Waals surface area contributed by atoms with E-state index in [9.17, 15) is 0 Å². The van der Waals surface area contributed by atoms with Crippen LogP contribution in [0.15, 0.2) is 30.6 Å². The van der Waals surface area contributed by atoms with E-state index in [1.807, 2.05) is 12.1 Å². The van der Waals surface area contributed by atoms with Crippen molar-refractivity contribution >= 4 is 17.4 Å². The minimum absolute atomic E-state index is 0.481. The number of rotatable bonds is 3. The number of imidazole rings is 1. The molecule has 2 N–H and O–H groups in total. The van der Waals surface area contributed by atoms with Crippen LogP contribution in [0.1, 0.15) is 5.82 Å². The number of anilines is 1. The van der Waals surface area contributed by atoms with Crippen LogP contribution in [-0.4, -0.2) is 15.0 Å². The second-order valence-electron chi connectivity index (χ2n) is 2.73. The Balaban J connectivity index is 1.98. The average Bonchev–Trinajstić information content (AvgIpc) is 2.67. The fourth-order valence-electron chi connectivity index (χ4n) is 1.08. The quantitative estimate of drug-likeness (QED) is 0.760. The van der Waals surface area contributed by atoms with Gasteiger partial charge in [-0.2, -0.15) is 0 Å². The Labute approximate surface area is 86.4 Å². The molecule has 0 aliphatic heterocycles. The van der Waals surface area contributed by atoms with E-state index in [0.29, 0.717) is 11.7 Å². The summed E-state index contributed by atoms with van der Waals surface area (Å²) in [6.07, 6.45) is 3.49. The van der Waals surface area contributed by atoms with Crippen LogP contribution in [0.3, 0.4) is 0 Å². The van der Waals surface area contributed by atoms with Crippen molar-refractivity contribution in [2.75, 3.05) is 5.32 Å². The number of nitrogens with one attached hydrogen (secondary N) is 2. The van der Waals surface area contributed by atoms with Crippen molar-refractivity contribution in [2.45, 2.75) is 6.54 Å². The number of aromatic amines is 1. The fourth-order valence-corrected chi connectivity index (χ4v) is 1.24. The maximum absolute atomic E-state index is 5.73. The van der Waals surface area contributed by atoms with Gasteiger partial charge in [0.25, 0.3) is 0 Å². The molecule has 2 aromatic rings. The third kappa shape index (κ3) is 2.23.